The zero-order chi connectivity index (χ0) is 11.8. The van der Waals surface area contributed by atoms with Crippen LogP contribution in [0.1, 0.15) is 45.3 Å². The molecule has 2 atom stereocenters. The third kappa shape index (κ3) is 2.22. The average molecular weight is 220 g/mol. The smallest absolute Gasteiger partial charge is 0.125 e. The molecule has 0 amide bonds. The number of benzene rings is 1. The molecule has 2 unspecified atom stereocenters. The zero-order valence-corrected chi connectivity index (χ0v) is 10.2. The lowest BCUT2D eigenvalue weighted by molar-refractivity contribution is -0.0144. The lowest BCUT2D eigenvalue weighted by Gasteiger charge is -2.39. The number of fused-ring (bicyclic) bond motifs is 1. The van der Waals surface area contributed by atoms with Gasteiger partial charge in [0.05, 0.1) is 6.10 Å². The Morgan fingerprint density at radius 3 is 2.81 bits per heavy atom. The maximum Gasteiger partial charge on any atom is 0.125 e. The van der Waals surface area contributed by atoms with Crippen molar-refractivity contribution in [2.24, 2.45) is 5.92 Å². The summed E-state index contributed by atoms with van der Waals surface area (Å²) in [5, 5.41) is 10.1. The summed E-state index contributed by atoms with van der Waals surface area (Å²) in [7, 11) is 0. The molecule has 1 aliphatic heterocycles. The number of aliphatic hydroxyl groups is 1. The van der Waals surface area contributed by atoms with Crippen LogP contribution in [-0.2, 0) is 0 Å². The SMILES string of the molecule is CC(C)CC1(C)CC(O)c2ccccc2O1. The van der Waals surface area contributed by atoms with Crippen LogP contribution in [0.15, 0.2) is 24.3 Å². The van der Waals surface area contributed by atoms with Gasteiger partial charge in [0.25, 0.3) is 0 Å². The minimum absolute atomic E-state index is 0.234. The standard InChI is InChI=1S/C14H20O2/c1-10(2)8-14(3)9-12(15)11-6-4-5-7-13(11)16-14/h4-7,10,12,15H,8-9H2,1-3H3. The maximum absolute atomic E-state index is 10.1. The van der Waals surface area contributed by atoms with E-state index in [0.717, 1.165) is 17.7 Å². The van der Waals surface area contributed by atoms with Gasteiger partial charge in [-0.25, -0.2) is 0 Å². The van der Waals surface area contributed by atoms with Gasteiger partial charge in [-0.2, -0.15) is 0 Å². The average Bonchev–Trinajstić information content (AvgIpc) is 2.15. The fourth-order valence-corrected chi connectivity index (χ4v) is 2.66. The van der Waals surface area contributed by atoms with E-state index in [1.54, 1.807) is 0 Å². The van der Waals surface area contributed by atoms with Gasteiger partial charge in [0, 0.05) is 12.0 Å². The molecule has 0 bridgehead atoms. The Kier molecular flexibility index (Phi) is 2.94. The van der Waals surface area contributed by atoms with Crippen molar-refractivity contribution in [2.75, 3.05) is 0 Å². The minimum Gasteiger partial charge on any atom is -0.487 e. The van der Waals surface area contributed by atoms with Crippen LogP contribution in [-0.4, -0.2) is 10.7 Å². The summed E-state index contributed by atoms with van der Waals surface area (Å²) in [6.07, 6.45) is 1.26. The number of hydrogen-bond acceptors (Lipinski definition) is 2. The lowest BCUT2D eigenvalue weighted by atomic mass is 9.84. The van der Waals surface area contributed by atoms with Crippen molar-refractivity contribution in [1.82, 2.24) is 0 Å². The molecule has 1 aliphatic rings. The van der Waals surface area contributed by atoms with Crippen LogP contribution >= 0.6 is 0 Å². The largest absolute Gasteiger partial charge is 0.487 e. The number of rotatable bonds is 2. The van der Waals surface area contributed by atoms with E-state index in [4.69, 9.17) is 4.74 Å². The van der Waals surface area contributed by atoms with Gasteiger partial charge in [0.1, 0.15) is 11.4 Å². The molecule has 1 N–H and O–H groups in total. The molecular formula is C14H20O2. The van der Waals surface area contributed by atoms with Crippen molar-refractivity contribution in [3.63, 3.8) is 0 Å². The van der Waals surface area contributed by atoms with Crippen molar-refractivity contribution in [3.8, 4) is 5.75 Å². The summed E-state index contributed by atoms with van der Waals surface area (Å²) in [5.41, 5.74) is 0.686. The third-order valence-electron chi connectivity index (χ3n) is 3.10. The number of ether oxygens (including phenoxy) is 1. The number of para-hydroxylation sites is 1. The summed E-state index contributed by atoms with van der Waals surface area (Å²) < 4.78 is 6.04. The molecule has 0 fully saturated rings. The van der Waals surface area contributed by atoms with E-state index < -0.39 is 6.10 Å². The fourth-order valence-electron chi connectivity index (χ4n) is 2.66. The molecule has 2 nitrogen and oxygen atoms in total. The first-order chi connectivity index (χ1) is 7.50. The number of aliphatic hydroxyl groups excluding tert-OH is 1. The van der Waals surface area contributed by atoms with E-state index in [1.807, 2.05) is 24.3 Å². The van der Waals surface area contributed by atoms with Crippen LogP contribution in [0.25, 0.3) is 0 Å². The van der Waals surface area contributed by atoms with E-state index in [0.29, 0.717) is 12.3 Å². The molecule has 88 valence electrons. The van der Waals surface area contributed by atoms with E-state index in [9.17, 15) is 5.11 Å². The van der Waals surface area contributed by atoms with Gasteiger partial charge in [0.15, 0.2) is 0 Å². The first-order valence-electron chi connectivity index (χ1n) is 5.96. The highest BCUT2D eigenvalue weighted by Crippen LogP contribution is 2.41. The predicted octanol–water partition coefficient (Wildman–Crippen LogP) is 3.31. The molecule has 1 heterocycles. The highest BCUT2D eigenvalue weighted by Gasteiger charge is 2.36. The molecular weight excluding hydrogens is 200 g/mol. The van der Waals surface area contributed by atoms with Crippen molar-refractivity contribution in [3.05, 3.63) is 29.8 Å². The van der Waals surface area contributed by atoms with Crippen molar-refractivity contribution >= 4 is 0 Å². The predicted molar refractivity (Wildman–Crippen MR) is 64.5 cm³/mol. The zero-order valence-electron chi connectivity index (χ0n) is 10.2. The highest BCUT2D eigenvalue weighted by atomic mass is 16.5. The Labute approximate surface area is 97.3 Å². The molecule has 0 saturated carbocycles. The van der Waals surface area contributed by atoms with Crippen LogP contribution in [0.5, 0.6) is 5.75 Å². The van der Waals surface area contributed by atoms with Gasteiger partial charge in [-0.05, 0) is 25.3 Å². The number of hydrogen-bond donors (Lipinski definition) is 1. The molecule has 0 aliphatic carbocycles. The van der Waals surface area contributed by atoms with E-state index in [2.05, 4.69) is 20.8 Å². The molecule has 16 heavy (non-hydrogen) atoms. The first-order valence-corrected chi connectivity index (χ1v) is 5.96. The van der Waals surface area contributed by atoms with E-state index >= 15 is 0 Å². The van der Waals surface area contributed by atoms with Crippen LogP contribution in [0, 0.1) is 5.92 Å². The summed E-state index contributed by atoms with van der Waals surface area (Å²) >= 11 is 0. The van der Waals surface area contributed by atoms with Crippen molar-refractivity contribution < 1.29 is 9.84 Å². The van der Waals surface area contributed by atoms with Crippen LogP contribution in [0.3, 0.4) is 0 Å². The molecule has 1 aromatic rings. The third-order valence-corrected chi connectivity index (χ3v) is 3.10. The van der Waals surface area contributed by atoms with Gasteiger partial charge >= 0.3 is 0 Å². The fraction of sp³-hybridized carbons (Fsp3) is 0.571. The summed E-state index contributed by atoms with van der Waals surface area (Å²) in [6, 6.07) is 7.77. The lowest BCUT2D eigenvalue weighted by Crippen LogP contribution is -2.39. The van der Waals surface area contributed by atoms with Crippen LogP contribution < -0.4 is 4.74 Å². The summed E-state index contributed by atoms with van der Waals surface area (Å²) in [6.45, 7) is 6.45. The Morgan fingerprint density at radius 1 is 1.44 bits per heavy atom. The molecule has 0 radical (unpaired) electrons. The van der Waals surface area contributed by atoms with Crippen molar-refractivity contribution in [2.45, 2.75) is 45.3 Å². The molecule has 0 spiro atoms. The molecule has 1 aromatic carbocycles. The Bertz CT molecular complexity index is 373. The van der Waals surface area contributed by atoms with Gasteiger partial charge < -0.3 is 9.84 Å². The van der Waals surface area contributed by atoms with Gasteiger partial charge in [-0.3, -0.25) is 0 Å². The van der Waals surface area contributed by atoms with Gasteiger partial charge in [-0.15, -0.1) is 0 Å². The van der Waals surface area contributed by atoms with Crippen molar-refractivity contribution in [1.29, 1.82) is 0 Å². The Hall–Kier alpha value is -1.02. The first kappa shape index (κ1) is 11.5. The Balaban J connectivity index is 2.26. The van der Waals surface area contributed by atoms with Crippen LogP contribution in [0.4, 0.5) is 0 Å². The maximum atomic E-state index is 10.1. The Morgan fingerprint density at radius 2 is 2.12 bits per heavy atom. The van der Waals surface area contributed by atoms with Crippen LogP contribution in [0.2, 0.25) is 0 Å². The second kappa shape index (κ2) is 4.10. The normalized spacial score (nSPS) is 28.7. The second-order valence-corrected chi connectivity index (χ2v) is 5.41. The van der Waals surface area contributed by atoms with Gasteiger partial charge in [0.2, 0.25) is 0 Å². The summed E-state index contributed by atoms with van der Waals surface area (Å²) in [4.78, 5) is 0. The van der Waals surface area contributed by atoms with E-state index in [-0.39, 0.29) is 5.60 Å². The molecule has 0 saturated heterocycles. The second-order valence-electron chi connectivity index (χ2n) is 5.41. The topological polar surface area (TPSA) is 29.5 Å². The minimum atomic E-state index is -0.395. The quantitative estimate of drug-likeness (QED) is 0.828. The van der Waals surface area contributed by atoms with E-state index in [1.165, 1.54) is 0 Å². The summed E-state index contributed by atoms with van der Waals surface area (Å²) in [5.74, 6) is 1.41. The highest BCUT2D eigenvalue weighted by molar-refractivity contribution is 5.37. The molecule has 0 aromatic heterocycles. The molecule has 2 heteroatoms. The van der Waals surface area contributed by atoms with Gasteiger partial charge in [-0.1, -0.05) is 32.0 Å². The molecule has 2 rings (SSSR count). The monoisotopic (exact) mass is 220 g/mol.